The maximum absolute atomic E-state index is 12.4. The lowest BCUT2D eigenvalue weighted by Gasteiger charge is -2.38. The summed E-state index contributed by atoms with van der Waals surface area (Å²) in [4.78, 5) is 21.0. The molecular formula is C26H35N3O4. The molecule has 7 nitrogen and oxygen atoms in total. The summed E-state index contributed by atoms with van der Waals surface area (Å²) in [5.41, 5.74) is 2.73. The number of pyridine rings is 1. The average molecular weight is 454 g/mol. The van der Waals surface area contributed by atoms with E-state index >= 15 is 0 Å². The Morgan fingerprint density at radius 2 is 1.85 bits per heavy atom. The fourth-order valence-electron chi connectivity index (χ4n) is 4.62. The number of aliphatic hydroxyl groups is 1. The first kappa shape index (κ1) is 23.5. The standard InChI is InChI=1S/C26H35N3O4/c1-26(2,3)33-25(31)28-14-10-20(11-15-28)32-23-9-13-27-21-12-16-29(22(18-30)24(21)23)17-19-7-5-4-6-8-19/h4-9,13,20,22,30H,10-12,14-18H2,1-3H3. The highest BCUT2D eigenvalue weighted by Gasteiger charge is 2.33. The van der Waals surface area contributed by atoms with Gasteiger partial charge < -0.3 is 19.5 Å². The lowest BCUT2D eigenvalue weighted by Crippen LogP contribution is -2.44. The molecule has 3 heterocycles. The number of ether oxygens (including phenoxy) is 2. The Hall–Kier alpha value is -2.64. The molecule has 1 aromatic carbocycles. The molecule has 0 spiro atoms. The van der Waals surface area contributed by atoms with Crippen molar-refractivity contribution in [1.29, 1.82) is 0 Å². The number of rotatable bonds is 5. The lowest BCUT2D eigenvalue weighted by molar-refractivity contribution is 0.0122. The van der Waals surface area contributed by atoms with Crippen molar-refractivity contribution in [1.82, 2.24) is 14.8 Å². The minimum atomic E-state index is -0.495. The Bertz CT molecular complexity index is 936. The number of amides is 1. The van der Waals surface area contributed by atoms with Crippen LogP contribution in [-0.2, 0) is 17.7 Å². The van der Waals surface area contributed by atoms with Crippen molar-refractivity contribution < 1.29 is 19.4 Å². The van der Waals surface area contributed by atoms with Gasteiger partial charge in [0.2, 0.25) is 0 Å². The molecule has 2 aromatic rings. The zero-order valence-corrected chi connectivity index (χ0v) is 19.9. The maximum Gasteiger partial charge on any atom is 0.410 e. The Balaban J connectivity index is 1.44. The predicted molar refractivity (Wildman–Crippen MR) is 126 cm³/mol. The van der Waals surface area contributed by atoms with Crippen molar-refractivity contribution in [2.75, 3.05) is 26.2 Å². The van der Waals surface area contributed by atoms with Gasteiger partial charge in [0, 0.05) is 57.2 Å². The second-order valence-electron chi connectivity index (χ2n) is 9.86. The largest absolute Gasteiger partial charge is 0.490 e. The van der Waals surface area contributed by atoms with Crippen LogP contribution >= 0.6 is 0 Å². The number of carbonyl (C=O) groups is 1. The number of piperidine rings is 1. The van der Waals surface area contributed by atoms with Crippen LogP contribution in [-0.4, -0.2) is 63.9 Å². The molecule has 1 aromatic heterocycles. The van der Waals surface area contributed by atoms with E-state index in [0.29, 0.717) is 13.1 Å². The summed E-state index contributed by atoms with van der Waals surface area (Å²) in [6.45, 7) is 8.49. The number of likely N-dealkylation sites (tertiary alicyclic amines) is 1. The smallest absolute Gasteiger partial charge is 0.410 e. The van der Waals surface area contributed by atoms with Gasteiger partial charge in [-0.1, -0.05) is 30.3 Å². The van der Waals surface area contributed by atoms with Gasteiger partial charge in [0.25, 0.3) is 0 Å². The van der Waals surface area contributed by atoms with Crippen molar-refractivity contribution in [3.63, 3.8) is 0 Å². The molecule has 1 amide bonds. The Morgan fingerprint density at radius 3 is 2.52 bits per heavy atom. The monoisotopic (exact) mass is 453 g/mol. The molecule has 1 N–H and O–H groups in total. The molecule has 0 bridgehead atoms. The molecule has 1 unspecified atom stereocenters. The number of carbonyl (C=O) groups excluding carboxylic acids is 1. The molecule has 4 rings (SSSR count). The normalized spacial score (nSPS) is 19.8. The van der Waals surface area contributed by atoms with Crippen LogP contribution in [0.4, 0.5) is 4.79 Å². The second-order valence-corrected chi connectivity index (χ2v) is 9.86. The third kappa shape index (κ3) is 5.84. The Kier molecular flexibility index (Phi) is 7.20. The molecular weight excluding hydrogens is 418 g/mol. The van der Waals surface area contributed by atoms with Crippen LogP contribution in [0.3, 0.4) is 0 Å². The fourth-order valence-corrected chi connectivity index (χ4v) is 4.62. The number of fused-ring (bicyclic) bond motifs is 1. The molecule has 2 aliphatic rings. The van der Waals surface area contributed by atoms with Gasteiger partial charge in [-0.15, -0.1) is 0 Å². The van der Waals surface area contributed by atoms with E-state index in [2.05, 4.69) is 22.0 Å². The van der Waals surface area contributed by atoms with Gasteiger partial charge in [-0.05, 0) is 32.4 Å². The topological polar surface area (TPSA) is 75.1 Å². The van der Waals surface area contributed by atoms with Gasteiger partial charge in [-0.2, -0.15) is 0 Å². The number of benzene rings is 1. The summed E-state index contributed by atoms with van der Waals surface area (Å²) in [5, 5.41) is 10.3. The summed E-state index contributed by atoms with van der Waals surface area (Å²) in [6, 6.07) is 12.1. The molecule has 1 atom stereocenters. The summed E-state index contributed by atoms with van der Waals surface area (Å²) < 4.78 is 12.0. The molecule has 2 aliphatic heterocycles. The van der Waals surface area contributed by atoms with Gasteiger partial charge in [-0.25, -0.2) is 4.79 Å². The second kappa shape index (κ2) is 10.1. The maximum atomic E-state index is 12.4. The van der Waals surface area contributed by atoms with Crippen molar-refractivity contribution in [2.24, 2.45) is 0 Å². The number of hydrogen-bond donors (Lipinski definition) is 1. The summed E-state index contributed by atoms with van der Waals surface area (Å²) in [7, 11) is 0. The molecule has 1 saturated heterocycles. The average Bonchev–Trinajstić information content (AvgIpc) is 2.79. The van der Waals surface area contributed by atoms with Crippen LogP contribution < -0.4 is 4.74 Å². The third-order valence-electron chi connectivity index (χ3n) is 6.23. The molecule has 7 heteroatoms. The zero-order chi connectivity index (χ0) is 23.4. The zero-order valence-electron chi connectivity index (χ0n) is 19.9. The lowest BCUT2D eigenvalue weighted by atomic mass is 9.95. The Morgan fingerprint density at radius 1 is 1.12 bits per heavy atom. The molecule has 0 saturated carbocycles. The predicted octanol–water partition coefficient (Wildman–Crippen LogP) is 3.95. The van der Waals surface area contributed by atoms with Crippen molar-refractivity contribution in [2.45, 2.75) is 64.3 Å². The van der Waals surface area contributed by atoms with E-state index in [4.69, 9.17) is 9.47 Å². The van der Waals surface area contributed by atoms with Crippen LogP contribution in [0.2, 0.25) is 0 Å². The molecule has 178 valence electrons. The number of hydrogen-bond acceptors (Lipinski definition) is 6. The van der Waals surface area contributed by atoms with E-state index in [-0.39, 0.29) is 24.8 Å². The van der Waals surface area contributed by atoms with Gasteiger partial charge in [0.05, 0.1) is 18.3 Å². The van der Waals surface area contributed by atoms with E-state index in [0.717, 1.165) is 49.4 Å². The van der Waals surface area contributed by atoms with Gasteiger partial charge >= 0.3 is 6.09 Å². The van der Waals surface area contributed by atoms with E-state index in [1.54, 1.807) is 11.1 Å². The number of aliphatic hydroxyl groups excluding tert-OH is 1. The first-order valence-electron chi connectivity index (χ1n) is 11.9. The minimum absolute atomic E-state index is 0.0129. The van der Waals surface area contributed by atoms with Gasteiger partial charge in [-0.3, -0.25) is 9.88 Å². The molecule has 0 radical (unpaired) electrons. The van der Waals surface area contributed by atoms with Gasteiger partial charge in [0.1, 0.15) is 17.5 Å². The van der Waals surface area contributed by atoms with Crippen molar-refractivity contribution in [3.8, 4) is 5.75 Å². The van der Waals surface area contributed by atoms with Crippen LogP contribution in [0.1, 0.15) is 56.5 Å². The highest BCUT2D eigenvalue weighted by Crippen LogP contribution is 2.37. The fraction of sp³-hybridized carbons (Fsp3) is 0.538. The van der Waals surface area contributed by atoms with Gasteiger partial charge in [0.15, 0.2) is 0 Å². The summed E-state index contributed by atoms with van der Waals surface area (Å²) >= 11 is 0. The van der Waals surface area contributed by atoms with Crippen LogP contribution in [0, 0.1) is 0 Å². The highest BCUT2D eigenvalue weighted by atomic mass is 16.6. The van der Waals surface area contributed by atoms with Crippen molar-refractivity contribution >= 4 is 6.09 Å². The van der Waals surface area contributed by atoms with E-state index in [1.165, 1.54) is 5.56 Å². The van der Waals surface area contributed by atoms with Crippen LogP contribution in [0.15, 0.2) is 42.6 Å². The summed E-state index contributed by atoms with van der Waals surface area (Å²) in [6.07, 6.45) is 3.86. The molecule has 33 heavy (non-hydrogen) atoms. The van der Waals surface area contributed by atoms with Crippen LogP contribution in [0.25, 0.3) is 0 Å². The van der Waals surface area contributed by atoms with E-state index in [1.807, 2.05) is 45.0 Å². The first-order chi connectivity index (χ1) is 15.8. The van der Waals surface area contributed by atoms with Crippen LogP contribution in [0.5, 0.6) is 5.75 Å². The highest BCUT2D eigenvalue weighted by molar-refractivity contribution is 5.68. The quantitative estimate of drug-likeness (QED) is 0.739. The molecule has 1 fully saturated rings. The summed E-state index contributed by atoms with van der Waals surface area (Å²) in [5.74, 6) is 0.799. The minimum Gasteiger partial charge on any atom is -0.490 e. The number of aromatic nitrogens is 1. The van der Waals surface area contributed by atoms with Crippen molar-refractivity contribution in [3.05, 3.63) is 59.4 Å². The first-order valence-corrected chi connectivity index (χ1v) is 11.9. The Labute approximate surface area is 196 Å². The SMILES string of the molecule is CC(C)(C)OC(=O)N1CCC(Oc2ccnc3c2C(CO)N(Cc2ccccc2)CC3)CC1. The molecule has 0 aliphatic carbocycles. The van der Waals surface area contributed by atoms with E-state index < -0.39 is 5.60 Å². The number of nitrogens with zero attached hydrogens (tertiary/aromatic N) is 3. The van der Waals surface area contributed by atoms with E-state index in [9.17, 15) is 9.90 Å². The third-order valence-corrected chi connectivity index (χ3v) is 6.23.